The van der Waals surface area contributed by atoms with E-state index in [1.165, 1.54) is 17.0 Å². The van der Waals surface area contributed by atoms with E-state index in [2.05, 4.69) is 0 Å². The molecule has 2 aromatic carbocycles. The first-order valence-electron chi connectivity index (χ1n) is 8.23. The van der Waals surface area contributed by atoms with Gasteiger partial charge >= 0.3 is 12.1 Å². The molecule has 1 unspecified atom stereocenters. The van der Waals surface area contributed by atoms with Crippen LogP contribution in [0.4, 0.5) is 18.9 Å². The van der Waals surface area contributed by atoms with Gasteiger partial charge in [-0.15, -0.1) is 6.54 Å². The van der Waals surface area contributed by atoms with E-state index in [-0.39, 0.29) is 19.5 Å². The molecule has 0 aromatic heterocycles. The van der Waals surface area contributed by atoms with E-state index in [9.17, 15) is 27.9 Å². The van der Waals surface area contributed by atoms with Gasteiger partial charge in [0.15, 0.2) is 0 Å². The smallest absolute Gasteiger partial charge is 0.416 e. The van der Waals surface area contributed by atoms with Crippen LogP contribution in [0.1, 0.15) is 17.5 Å². The molecule has 2 aromatic rings. The summed E-state index contributed by atoms with van der Waals surface area (Å²) < 4.78 is 36.1. The van der Waals surface area contributed by atoms with Crippen molar-refractivity contribution in [3.05, 3.63) is 71.5 Å². The number of hydrogen-bond donors (Lipinski definition) is 2. The van der Waals surface area contributed by atoms with Gasteiger partial charge in [0.05, 0.1) is 5.56 Å². The number of amides is 1. The number of para-hydroxylation sites is 1. The molecule has 28 heavy (non-hydrogen) atoms. The Morgan fingerprint density at radius 3 is 2.29 bits per heavy atom. The molecular weight excluding hydrogens is 377 g/mol. The maximum atomic E-state index is 12.0. The van der Waals surface area contributed by atoms with Gasteiger partial charge in [-0.3, -0.25) is 4.79 Å². The second kappa shape index (κ2) is 8.41. The second-order valence-electron chi connectivity index (χ2n) is 6.08. The van der Waals surface area contributed by atoms with Gasteiger partial charge in [0.2, 0.25) is 5.60 Å². The van der Waals surface area contributed by atoms with Gasteiger partial charge in [-0.2, -0.15) is 13.2 Å². The van der Waals surface area contributed by atoms with Crippen LogP contribution in [0.2, 0.25) is 0 Å². The van der Waals surface area contributed by atoms with Crippen molar-refractivity contribution in [2.24, 2.45) is 0 Å². The minimum atomic E-state index is -4.30. The summed E-state index contributed by atoms with van der Waals surface area (Å²) in [5.74, 6) is -2.26. The van der Waals surface area contributed by atoms with Crippen molar-refractivity contribution < 1.29 is 33.0 Å². The lowest BCUT2D eigenvalue weighted by atomic mass is 10.0. The Morgan fingerprint density at radius 2 is 1.79 bits per heavy atom. The third-order valence-electron chi connectivity index (χ3n) is 4.18. The quantitative estimate of drug-likeness (QED) is 0.777. The molecule has 1 aliphatic rings. The number of carbonyl (C=O) groups excluding carboxylic acids is 1. The number of rotatable bonds is 3. The first kappa shape index (κ1) is 21.4. The molecule has 3 rings (SSSR count). The van der Waals surface area contributed by atoms with E-state index in [0.29, 0.717) is 11.3 Å². The number of nitrogens with one attached hydrogen (secondary N) is 1. The molecule has 3 N–H and O–H groups in total. The maximum absolute atomic E-state index is 12.0. The van der Waals surface area contributed by atoms with Gasteiger partial charge in [0, 0.05) is 18.7 Å². The molecule has 6 nitrogen and oxygen atoms in total. The van der Waals surface area contributed by atoms with Crippen LogP contribution in [0.25, 0.3) is 5.73 Å². The molecule has 0 saturated carbocycles. The fraction of sp³-hybridized carbons (Fsp3) is 0.263. The summed E-state index contributed by atoms with van der Waals surface area (Å²) in [6, 6.07) is 13.5. The summed E-state index contributed by atoms with van der Waals surface area (Å²) in [6.45, 7) is 0.0928. The van der Waals surface area contributed by atoms with Crippen LogP contribution in [0.15, 0.2) is 54.6 Å². The van der Waals surface area contributed by atoms with Gasteiger partial charge in [0.25, 0.3) is 5.91 Å². The summed E-state index contributed by atoms with van der Waals surface area (Å²) in [4.78, 5) is 23.9. The number of hydrogen-bond acceptors (Lipinski definition) is 3. The van der Waals surface area contributed by atoms with Crippen LogP contribution < -0.4 is 4.90 Å². The number of carbonyl (C=O) groups is 2. The van der Waals surface area contributed by atoms with Gasteiger partial charge in [0.1, 0.15) is 0 Å². The summed E-state index contributed by atoms with van der Waals surface area (Å²) >= 11 is 0. The number of alkyl halides is 3. The fourth-order valence-electron chi connectivity index (χ4n) is 2.62. The van der Waals surface area contributed by atoms with Crippen LogP contribution in [0.3, 0.4) is 0 Å². The van der Waals surface area contributed by atoms with Crippen molar-refractivity contribution in [1.82, 2.24) is 0 Å². The van der Waals surface area contributed by atoms with Crippen molar-refractivity contribution in [1.29, 1.82) is 0 Å². The molecule has 9 heteroatoms. The highest BCUT2D eigenvalue weighted by Gasteiger charge is 2.52. The van der Waals surface area contributed by atoms with E-state index in [4.69, 9.17) is 10.8 Å². The minimum Gasteiger partial charge on any atom is -0.674 e. The summed E-state index contributed by atoms with van der Waals surface area (Å²) in [6.07, 6.45) is -4.39. The zero-order valence-electron chi connectivity index (χ0n) is 14.6. The van der Waals surface area contributed by atoms with Gasteiger partial charge in [-0.25, -0.2) is 4.79 Å². The second-order valence-corrected chi connectivity index (χ2v) is 6.08. The van der Waals surface area contributed by atoms with Crippen molar-refractivity contribution in [3.8, 4) is 0 Å². The number of aliphatic carboxylic acids is 1. The van der Waals surface area contributed by atoms with E-state index in [1.807, 2.05) is 0 Å². The molecule has 1 saturated heterocycles. The Labute approximate surface area is 159 Å². The molecule has 0 bridgehead atoms. The van der Waals surface area contributed by atoms with Crippen molar-refractivity contribution in [2.45, 2.75) is 24.7 Å². The Kier molecular flexibility index (Phi) is 6.42. The predicted molar refractivity (Wildman–Crippen MR) is 95.5 cm³/mol. The highest BCUT2D eigenvalue weighted by Crippen LogP contribution is 2.30. The number of carboxylic acids is 1. The minimum absolute atomic E-state index is 0.0872. The Bertz CT molecular complexity index is 843. The van der Waals surface area contributed by atoms with Crippen LogP contribution in [0, 0.1) is 0 Å². The zero-order chi connectivity index (χ0) is 20.9. The van der Waals surface area contributed by atoms with E-state index in [0.717, 1.165) is 12.1 Å². The number of nitrogens with zero attached hydrogens (tertiary/aromatic N) is 1. The average Bonchev–Trinajstić information content (AvgIpc) is 2.99. The summed E-state index contributed by atoms with van der Waals surface area (Å²) in [5, 5.41) is 18.5. The summed E-state index contributed by atoms with van der Waals surface area (Å²) in [7, 11) is 0. The average molecular weight is 395 g/mol. The Morgan fingerprint density at radius 1 is 1.14 bits per heavy atom. The van der Waals surface area contributed by atoms with Gasteiger partial charge in [-0.05, 0) is 18.2 Å². The molecule has 0 aliphatic carbocycles. The fourth-order valence-corrected chi connectivity index (χ4v) is 2.62. The van der Waals surface area contributed by atoms with Gasteiger partial charge in [-0.1, -0.05) is 42.0 Å². The highest BCUT2D eigenvalue weighted by atomic mass is 19.4. The molecular formula is C19H18F3N2O4-. The van der Waals surface area contributed by atoms with Crippen molar-refractivity contribution >= 4 is 17.6 Å². The number of halogens is 3. The first-order chi connectivity index (χ1) is 13.1. The molecule has 150 valence electrons. The predicted octanol–water partition coefficient (Wildman–Crippen LogP) is 3.50. The lowest BCUT2D eigenvalue weighted by molar-refractivity contribution is -0.162. The largest absolute Gasteiger partial charge is 0.674 e. The molecule has 1 fully saturated rings. The monoisotopic (exact) mass is 395 g/mol. The van der Waals surface area contributed by atoms with Crippen LogP contribution in [0.5, 0.6) is 0 Å². The molecule has 1 heterocycles. The van der Waals surface area contributed by atoms with Crippen molar-refractivity contribution in [3.63, 3.8) is 0 Å². The van der Waals surface area contributed by atoms with Crippen LogP contribution in [-0.4, -0.2) is 34.2 Å². The molecule has 0 spiro atoms. The van der Waals surface area contributed by atoms with E-state index < -0.39 is 29.2 Å². The summed E-state index contributed by atoms with van der Waals surface area (Å²) in [5.41, 5.74) is 4.90. The highest BCUT2D eigenvalue weighted by molar-refractivity contribution is 6.14. The molecule has 1 amide bonds. The van der Waals surface area contributed by atoms with E-state index in [1.54, 1.807) is 30.3 Å². The van der Waals surface area contributed by atoms with E-state index >= 15 is 0 Å². The number of aliphatic hydroxyl groups is 1. The normalized spacial score (nSPS) is 19.2. The standard InChI is InChI=1S/C11H11NO4.C8H7F3N/c13-9-11(16,10(14)15)6-7-12(9)8-4-2-1-3-5-8;9-8(10,11)7-3-1-2-6(4-7)5-12/h1-5,16H,6-7H2,(H,14,15);1-4,12H,5H2/q;-1. The Balaban J connectivity index is 0.000000209. The van der Waals surface area contributed by atoms with Crippen LogP contribution in [-0.2, 0) is 22.3 Å². The third kappa shape index (κ3) is 4.68. The molecule has 0 radical (unpaired) electrons. The third-order valence-corrected chi connectivity index (χ3v) is 4.18. The SMILES string of the molecule is O=C(O)C1(O)CCN(c2ccccc2)C1=O.[NH-]Cc1cccc(C(F)(F)F)c1. The number of carboxylic acid groups (broad SMARTS) is 1. The maximum Gasteiger partial charge on any atom is 0.416 e. The first-order valence-corrected chi connectivity index (χ1v) is 8.23. The number of anilines is 1. The molecule has 1 atom stereocenters. The lowest BCUT2D eigenvalue weighted by Gasteiger charge is -2.18. The Hall–Kier alpha value is -2.91. The topological polar surface area (TPSA) is 102 Å². The van der Waals surface area contributed by atoms with Crippen LogP contribution >= 0.6 is 0 Å². The molecule has 1 aliphatic heterocycles. The lowest BCUT2D eigenvalue weighted by Crippen LogP contribution is -2.46. The zero-order valence-corrected chi connectivity index (χ0v) is 14.6. The number of benzene rings is 2. The van der Waals surface area contributed by atoms with Crippen molar-refractivity contribution in [2.75, 3.05) is 11.4 Å². The van der Waals surface area contributed by atoms with Gasteiger partial charge < -0.3 is 20.8 Å².